The lowest BCUT2D eigenvalue weighted by Gasteiger charge is -2.09. The highest BCUT2D eigenvalue weighted by molar-refractivity contribution is 7.10. The van der Waals surface area contributed by atoms with E-state index in [1.54, 1.807) is 12.1 Å². The number of aliphatic hydroxyl groups excluding tert-OH is 1. The van der Waals surface area contributed by atoms with Crippen molar-refractivity contribution in [2.24, 2.45) is 0 Å². The van der Waals surface area contributed by atoms with Crippen LogP contribution in [-0.4, -0.2) is 23.5 Å². The molecule has 3 N–H and O–H groups in total. The maximum absolute atomic E-state index is 11.5. The lowest BCUT2D eigenvalue weighted by atomic mass is 10.2. The summed E-state index contributed by atoms with van der Waals surface area (Å²) in [6.45, 7) is 0.392. The minimum absolute atomic E-state index is 0.164. The van der Waals surface area contributed by atoms with Crippen LogP contribution in [0.2, 0.25) is 0 Å². The summed E-state index contributed by atoms with van der Waals surface area (Å²) in [5.74, 6) is -0.874. The molecule has 1 atom stereocenters. The molecule has 0 spiro atoms. The van der Waals surface area contributed by atoms with E-state index >= 15 is 0 Å². The predicted octanol–water partition coefficient (Wildman–Crippen LogP) is 1.20. The van der Waals surface area contributed by atoms with Gasteiger partial charge in [0, 0.05) is 11.4 Å². The van der Waals surface area contributed by atoms with E-state index in [2.05, 4.69) is 10.6 Å². The zero-order valence-corrected chi connectivity index (χ0v) is 12.1. The Hall–Kier alpha value is -2.12. The molecule has 2 rings (SSSR count). The van der Waals surface area contributed by atoms with Gasteiger partial charge >= 0.3 is 11.8 Å². The summed E-state index contributed by atoms with van der Waals surface area (Å²) in [5, 5.41) is 16.6. The molecular weight excluding hydrogens is 292 g/mol. The summed E-state index contributed by atoms with van der Waals surface area (Å²) >= 11 is 1.45. The van der Waals surface area contributed by atoms with Crippen molar-refractivity contribution in [3.8, 4) is 0 Å². The lowest BCUT2D eigenvalue weighted by Crippen LogP contribution is -2.40. The van der Waals surface area contributed by atoms with Crippen molar-refractivity contribution >= 4 is 23.2 Å². The molecule has 0 aromatic carbocycles. The van der Waals surface area contributed by atoms with Crippen molar-refractivity contribution in [3.05, 3.63) is 46.5 Å². The third kappa shape index (κ3) is 4.73. The van der Waals surface area contributed by atoms with Crippen LogP contribution in [-0.2, 0) is 16.1 Å². The molecule has 0 saturated carbocycles. The second-order valence-corrected chi connectivity index (χ2v) is 5.32. The molecule has 2 heterocycles. The van der Waals surface area contributed by atoms with E-state index in [1.807, 2.05) is 17.5 Å². The molecule has 21 heavy (non-hydrogen) atoms. The summed E-state index contributed by atoms with van der Waals surface area (Å²) in [7, 11) is 0. The fourth-order valence-electron chi connectivity index (χ4n) is 1.69. The van der Waals surface area contributed by atoms with E-state index in [0.717, 1.165) is 4.88 Å². The van der Waals surface area contributed by atoms with E-state index in [0.29, 0.717) is 12.2 Å². The van der Waals surface area contributed by atoms with E-state index < -0.39 is 17.9 Å². The highest BCUT2D eigenvalue weighted by atomic mass is 32.1. The molecule has 0 aliphatic heterocycles. The summed E-state index contributed by atoms with van der Waals surface area (Å²) in [5.41, 5.74) is 0. The molecule has 0 saturated heterocycles. The first kappa shape index (κ1) is 15.3. The van der Waals surface area contributed by atoms with Crippen LogP contribution in [0.3, 0.4) is 0 Å². The molecule has 0 radical (unpaired) electrons. The zero-order valence-electron chi connectivity index (χ0n) is 11.2. The normalized spacial score (nSPS) is 11.9. The largest absolute Gasteiger partial charge is 0.467 e. The van der Waals surface area contributed by atoms with Crippen LogP contribution < -0.4 is 10.6 Å². The molecule has 6 nitrogen and oxygen atoms in total. The van der Waals surface area contributed by atoms with E-state index in [1.165, 1.54) is 17.6 Å². The average Bonchev–Trinajstić information content (AvgIpc) is 3.17. The molecule has 0 bridgehead atoms. The Labute approximate surface area is 125 Å². The number of rotatable bonds is 6. The van der Waals surface area contributed by atoms with Crippen LogP contribution >= 0.6 is 11.3 Å². The van der Waals surface area contributed by atoms with Gasteiger partial charge in [-0.1, -0.05) is 6.07 Å². The molecule has 0 aliphatic rings. The first-order chi connectivity index (χ1) is 10.2. The smallest absolute Gasteiger partial charge is 0.309 e. The zero-order chi connectivity index (χ0) is 15.1. The SMILES string of the molecule is O=C(NCCC(O)c1cccs1)C(=O)NCc1ccco1. The van der Waals surface area contributed by atoms with Gasteiger partial charge in [-0.2, -0.15) is 0 Å². The molecule has 0 aliphatic carbocycles. The number of carbonyl (C=O) groups excluding carboxylic acids is 2. The van der Waals surface area contributed by atoms with Gasteiger partial charge in [0.15, 0.2) is 0 Å². The number of hydrogen-bond donors (Lipinski definition) is 3. The van der Waals surface area contributed by atoms with Gasteiger partial charge in [0.2, 0.25) is 0 Å². The van der Waals surface area contributed by atoms with E-state index in [9.17, 15) is 14.7 Å². The van der Waals surface area contributed by atoms with Crippen molar-refractivity contribution in [1.82, 2.24) is 10.6 Å². The Morgan fingerprint density at radius 3 is 2.71 bits per heavy atom. The van der Waals surface area contributed by atoms with Crippen LogP contribution in [0.5, 0.6) is 0 Å². The summed E-state index contributed by atoms with van der Waals surface area (Å²) in [4.78, 5) is 23.9. The molecule has 112 valence electrons. The quantitative estimate of drug-likeness (QED) is 0.699. The van der Waals surface area contributed by atoms with Gasteiger partial charge in [0.05, 0.1) is 18.9 Å². The molecular formula is C14H16N2O4S. The monoisotopic (exact) mass is 308 g/mol. The van der Waals surface area contributed by atoms with Gasteiger partial charge in [-0.25, -0.2) is 0 Å². The second kappa shape index (κ2) is 7.61. The highest BCUT2D eigenvalue weighted by Crippen LogP contribution is 2.20. The summed E-state index contributed by atoms with van der Waals surface area (Å²) in [6.07, 6.45) is 1.22. The first-order valence-corrected chi connectivity index (χ1v) is 7.34. The molecule has 2 aromatic heterocycles. The second-order valence-electron chi connectivity index (χ2n) is 4.34. The third-order valence-electron chi connectivity index (χ3n) is 2.78. The molecule has 2 aromatic rings. The van der Waals surface area contributed by atoms with Gasteiger partial charge in [-0.05, 0) is 30.0 Å². The van der Waals surface area contributed by atoms with Crippen LogP contribution in [0.1, 0.15) is 23.2 Å². The van der Waals surface area contributed by atoms with Crippen LogP contribution in [0.15, 0.2) is 40.3 Å². The molecule has 7 heteroatoms. The van der Waals surface area contributed by atoms with Gasteiger partial charge < -0.3 is 20.2 Å². The van der Waals surface area contributed by atoms with Crippen LogP contribution in [0.25, 0.3) is 0 Å². The Kier molecular flexibility index (Phi) is 5.53. The van der Waals surface area contributed by atoms with Crippen molar-refractivity contribution in [1.29, 1.82) is 0 Å². The summed E-state index contributed by atoms with van der Waals surface area (Å²) < 4.78 is 5.04. The molecule has 2 amide bonds. The Balaban J connectivity index is 1.65. The van der Waals surface area contributed by atoms with Crippen LogP contribution in [0.4, 0.5) is 0 Å². The maximum Gasteiger partial charge on any atom is 0.309 e. The predicted molar refractivity (Wildman–Crippen MR) is 77.5 cm³/mol. The molecule has 0 fully saturated rings. The number of nitrogens with one attached hydrogen (secondary N) is 2. The number of amides is 2. The fraction of sp³-hybridized carbons (Fsp3) is 0.286. The van der Waals surface area contributed by atoms with Crippen molar-refractivity contribution in [2.45, 2.75) is 19.1 Å². The standard InChI is InChI=1S/C14H16N2O4S/c17-11(12-4-2-8-21-12)5-6-15-13(18)14(19)16-9-10-3-1-7-20-10/h1-4,7-8,11,17H,5-6,9H2,(H,15,18)(H,16,19). The number of hydrogen-bond acceptors (Lipinski definition) is 5. The van der Waals surface area contributed by atoms with Gasteiger partial charge in [0.1, 0.15) is 5.76 Å². The number of furan rings is 1. The number of carbonyl (C=O) groups is 2. The topological polar surface area (TPSA) is 91.6 Å². The van der Waals surface area contributed by atoms with E-state index in [4.69, 9.17) is 4.42 Å². The van der Waals surface area contributed by atoms with Crippen molar-refractivity contribution in [2.75, 3.05) is 6.54 Å². The maximum atomic E-state index is 11.5. The number of aliphatic hydroxyl groups is 1. The third-order valence-corrected chi connectivity index (χ3v) is 3.76. The van der Waals surface area contributed by atoms with Crippen molar-refractivity contribution in [3.63, 3.8) is 0 Å². The highest BCUT2D eigenvalue weighted by Gasteiger charge is 2.14. The fourth-order valence-corrected chi connectivity index (χ4v) is 2.43. The van der Waals surface area contributed by atoms with Gasteiger partial charge in [-0.15, -0.1) is 11.3 Å². The minimum atomic E-state index is -0.725. The Bertz CT molecular complexity index is 566. The van der Waals surface area contributed by atoms with Crippen molar-refractivity contribution < 1.29 is 19.1 Å². The summed E-state index contributed by atoms with van der Waals surface area (Å²) in [6, 6.07) is 7.08. The Morgan fingerprint density at radius 1 is 1.24 bits per heavy atom. The Morgan fingerprint density at radius 2 is 2.05 bits per heavy atom. The van der Waals surface area contributed by atoms with E-state index in [-0.39, 0.29) is 13.1 Å². The minimum Gasteiger partial charge on any atom is -0.467 e. The van der Waals surface area contributed by atoms with Gasteiger partial charge in [0.25, 0.3) is 0 Å². The first-order valence-electron chi connectivity index (χ1n) is 6.46. The molecule has 1 unspecified atom stereocenters. The van der Waals surface area contributed by atoms with Gasteiger partial charge in [-0.3, -0.25) is 9.59 Å². The lowest BCUT2D eigenvalue weighted by molar-refractivity contribution is -0.139. The van der Waals surface area contributed by atoms with Crippen LogP contribution in [0, 0.1) is 0 Å². The number of thiophene rings is 1. The average molecular weight is 308 g/mol.